The van der Waals surface area contributed by atoms with Gasteiger partial charge in [-0.15, -0.1) is 0 Å². The fourth-order valence-electron chi connectivity index (χ4n) is 5.01. The third-order valence-corrected chi connectivity index (χ3v) is 7.95. The average Bonchev–Trinajstić information content (AvgIpc) is 2.85. The highest BCUT2D eigenvalue weighted by atomic mass is 32.2. The van der Waals surface area contributed by atoms with Crippen LogP contribution < -0.4 is 0 Å². The highest BCUT2D eigenvalue weighted by Gasteiger charge is 2.72. The van der Waals surface area contributed by atoms with Crippen LogP contribution in [0.5, 0.6) is 0 Å². The molecule has 0 radical (unpaired) electrons. The number of rotatable bonds is 1. The second-order valence-corrected chi connectivity index (χ2v) is 8.21. The van der Waals surface area contributed by atoms with E-state index in [1.54, 1.807) is 0 Å². The zero-order valence-electron chi connectivity index (χ0n) is 9.97. The third-order valence-electron chi connectivity index (χ3n) is 5.52. The number of morpholine rings is 1. The molecular weight excluding hydrogens is 238 g/mol. The molecule has 0 unspecified atom stereocenters. The average molecular weight is 257 g/mol. The monoisotopic (exact) mass is 257 g/mol. The summed E-state index contributed by atoms with van der Waals surface area (Å²) in [6, 6.07) is 0. The summed E-state index contributed by atoms with van der Waals surface area (Å²) in [6.07, 6.45) is 3.54. The molecule has 0 aromatic rings. The van der Waals surface area contributed by atoms with Crippen molar-refractivity contribution < 1.29 is 13.2 Å². The molecule has 4 rings (SSSR count). The predicted octanol–water partition coefficient (Wildman–Crippen LogP) is 0.284. The molecule has 4 fully saturated rings. The van der Waals surface area contributed by atoms with Crippen LogP contribution in [0.15, 0.2) is 0 Å². The summed E-state index contributed by atoms with van der Waals surface area (Å²) >= 11 is 0. The first kappa shape index (κ1) is 10.8. The standard InChI is InChI=1S/C12H19NO3S/c14-17(15)8-12(13-3-5-16-6-4-13)10-2-1-9(7-10)11(12)17/h9-11H,1-8H2/t9-,10+,11+,12-/m0/s1. The Hall–Kier alpha value is -0.130. The summed E-state index contributed by atoms with van der Waals surface area (Å²) in [4.78, 5) is 2.45. The molecule has 5 heteroatoms. The van der Waals surface area contributed by atoms with Crippen molar-refractivity contribution in [3.63, 3.8) is 0 Å². The van der Waals surface area contributed by atoms with Crippen molar-refractivity contribution in [1.29, 1.82) is 0 Å². The maximum Gasteiger partial charge on any atom is 0.157 e. The summed E-state index contributed by atoms with van der Waals surface area (Å²) in [5.41, 5.74) is 0.0194. The Kier molecular flexibility index (Phi) is 2.06. The molecule has 4 atom stereocenters. The van der Waals surface area contributed by atoms with Crippen molar-refractivity contribution >= 4 is 9.84 Å². The van der Waals surface area contributed by atoms with Crippen LogP contribution in [0.3, 0.4) is 0 Å². The van der Waals surface area contributed by atoms with Crippen molar-refractivity contribution in [2.24, 2.45) is 11.8 Å². The number of hydrogen-bond donors (Lipinski definition) is 0. The minimum absolute atomic E-state index is 0.0194. The molecule has 2 bridgehead atoms. The molecule has 2 heterocycles. The van der Waals surface area contributed by atoms with Gasteiger partial charge in [-0.2, -0.15) is 0 Å². The van der Waals surface area contributed by atoms with E-state index in [1.807, 2.05) is 0 Å². The Morgan fingerprint density at radius 1 is 1.18 bits per heavy atom. The number of ether oxygens (including phenoxy) is 1. The van der Waals surface area contributed by atoms with Crippen LogP contribution in [0.2, 0.25) is 0 Å². The first-order valence-electron chi connectivity index (χ1n) is 6.69. The molecule has 0 N–H and O–H groups in total. The fraction of sp³-hybridized carbons (Fsp3) is 1.00. The van der Waals surface area contributed by atoms with Crippen molar-refractivity contribution in [2.75, 3.05) is 32.1 Å². The molecule has 0 spiro atoms. The quantitative estimate of drug-likeness (QED) is 0.677. The van der Waals surface area contributed by atoms with E-state index in [0.717, 1.165) is 39.1 Å². The maximum atomic E-state index is 12.1. The van der Waals surface area contributed by atoms with Crippen molar-refractivity contribution in [1.82, 2.24) is 4.90 Å². The van der Waals surface area contributed by atoms with Gasteiger partial charge in [0.25, 0.3) is 0 Å². The topological polar surface area (TPSA) is 46.6 Å². The lowest BCUT2D eigenvalue weighted by Gasteiger charge is -2.58. The van der Waals surface area contributed by atoms with Crippen LogP contribution in [0.1, 0.15) is 19.3 Å². The molecule has 2 aliphatic carbocycles. The molecule has 17 heavy (non-hydrogen) atoms. The van der Waals surface area contributed by atoms with E-state index in [4.69, 9.17) is 4.74 Å². The zero-order chi connectivity index (χ0) is 11.7. The Labute approximate surface area is 102 Å². The second kappa shape index (κ2) is 3.25. The molecule has 0 aromatic heterocycles. The summed E-state index contributed by atoms with van der Waals surface area (Å²) in [7, 11) is -2.78. The van der Waals surface area contributed by atoms with E-state index in [1.165, 1.54) is 6.42 Å². The fourth-order valence-corrected chi connectivity index (χ4v) is 8.02. The summed E-state index contributed by atoms with van der Waals surface area (Å²) < 4.78 is 29.6. The van der Waals surface area contributed by atoms with Crippen LogP contribution in [-0.4, -0.2) is 56.2 Å². The molecule has 4 nitrogen and oxygen atoms in total. The van der Waals surface area contributed by atoms with Gasteiger partial charge in [-0.1, -0.05) is 0 Å². The lowest BCUT2D eigenvalue weighted by molar-refractivity contribution is -0.0416. The van der Waals surface area contributed by atoms with Gasteiger partial charge >= 0.3 is 0 Å². The predicted molar refractivity (Wildman–Crippen MR) is 63.5 cm³/mol. The normalized spacial score (nSPS) is 52.1. The van der Waals surface area contributed by atoms with Crippen LogP contribution in [0.4, 0.5) is 0 Å². The van der Waals surface area contributed by atoms with E-state index >= 15 is 0 Å². The highest BCUT2D eigenvalue weighted by molar-refractivity contribution is 7.93. The SMILES string of the molecule is O=S1(=O)C[C@]2(N3CCOCC3)[C@@H]3CC[C@@H](C3)[C@H]21. The minimum atomic E-state index is -2.78. The maximum absolute atomic E-state index is 12.1. The van der Waals surface area contributed by atoms with Crippen molar-refractivity contribution in [2.45, 2.75) is 30.1 Å². The number of nitrogens with zero attached hydrogens (tertiary/aromatic N) is 1. The third kappa shape index (κ3) is 1.18. The minimum Gasteiger partial charge on any atom is -0.379 e. The molecular formula is C12H19NO3S. The first-order valence-corrected chi connectivity index (χ1v) is 8.40. The van der Waals surface area contributed by atoms with Gasteiger partial charge in [0, 0.05) is 13.1 Å². The lowest BCUT2D eigenvalue weighted by Crippen LogP contribution is -2.75. The molecule has 2 saturated carbocycles. The van der Waals surface area contributed by atoms with Gasteiger partial charge < -0.3 is 4.74 Å². The van der Waals surface area contributed by atoms with E-state index in [2.05, 4.69) is 4.90 Å². The van der Waals surface area contributed by atoms with Crippen LogP contribution in [0.25, 0.3) is 0 Å². The van der Waals surface area contributed by atoms with Crippen LogP contribution in [-0.2, 0) is 14.6 Å². The van der Waals surface area contributed by atoms with E-state index in [-0.39, 0.29) is 10.8 Å². The molecule has 96 valence electrons. The molecule has 4 aliphatic rings. The first-order chi connectivity index (χ1) is 8.14. The van der Waals surface area contributed by atoms with Crippen molar-refractivity contribution in [3.8, 4) is 0 Å². The van der Waals surface area contributed by atoms with Gasteiger partial charge in [-0.05, 0) is 31.1 Å². The Morgan fingerprint density at radius 2 is 1.94 bits per heavy atom. The highest BCUT2D eigenvalue weighted by Crippen LogP contribution is 2.62. The van der Waals surface area contributed by atoms with Gasteiger partial charge in [0.15, 0.2) is 9.84 Å². The molecule has 2 saturated heterocycles. The second-order valence-electron chi connectivity index (χ2n) is 6.09. The van der Waals surface area contributed by atoms with Crippen LogP contribution in [0, 0.1) is 11.8 Å². The number of fused-ring (bicyclic) bond motifs is 5. The van der Waals surface area contributed by atoms with Gasteiger partial charge in [0.05, 0.1) is 29.8 Å². The Balaban J connectivity index is 1.72. The smallest absolute Gasteiger partial charge is 0.157 e. The number of hydrogen-bond acceptors (Lipinski definition) is 4. The summed E-state index contributed by atoms with van der Waals surface area (Å²) in [5.74, 6) is 1.52. The van der Waals surface area contributed by atoms with E-state index in [0.29, 0.717) is 17.6 Å². The Bertz CT molecular complexity index is 443. The lowest BCUT2D eigenvalue weighted by atomic mass is 9.79. The van der Waals surface area contributed by atoms with Gasteiger partial charge in [0.2, 0.25) is 0 Å². The van der Waals surface area contributed by atoms with E-state index < -0.39 is 9.84 Å². The number of sulfone groups is 1. The largest absolute Gasteiger partial charge is 0.379 e. The van der Waals surface area contributed by atoms with E-state index in [9.17, 15) is 8.42 Å². The van der Waals surface area contributed by atoms with Gasteiger partial charge in [-0.25, -0.2) is 8.42 Å². The zero-order valence-corrected chi connectivity index (χ0v) is 10.8. The molecule has 2 aliphatic heterocycles. The van der Waals surface area contributed by atoms with Crippen molar-refractivity contribution in [3.05, 3.63) is 0 Å². The molecule has 0 amide bonds. The van der Waals surface area contributed by atoms with Gasteiger partial charge in [0.1, 0.15) is 0 Å². The Morgan fingerprint density at radius 3 is 2.65 bits per heavy atom. The summed E-state index contributed by atoms with van der Waals surface area (Å²) in [6.45, 7) is 3.39. The summed E-state index contributed by atoms with van der Waals surface area (Å²) in [5, 5.41) is -0.0353. The van der Waals surface area contributed by atoms with Gasteiger partial charge in [-0.3, -0.25) is 4.90 Å². The molecule has 0 aromatic carbocycles. The van der Waals surface area contributed by atoms with Crippen LogP contribution >= 0.6 is 0 Å².